The maximum atomic E-state index is 5.27. The second kappa shape index (κ2) is 5.79. The van der Waals surface area contributed by atoms with E-state index in [2.05, 4.69) is 12.5 Å². The van der Waals surface area contributed by atoms with Crippen LogP contribution in [-0.2, 0) is 4.74 Å². The lowest BCUT2D eigenvalue weighted by atomic mass is 10.9. The number of thioether (sulfide) groups is 2. The van der Waals surface area contributed by atoms with Crippen molar-refractivity contribution in [2.75, 3.05) is 19.1 Å². The highest BCUT2D eigenvalue weighted by Crippen LogP contribution is 2.18. The monoisotopic (exact) mass is 152 g/mol. The van der Waals surface area contributed by atoms with Crippen LogP contribution in [0.5, 0.6) is 0 Å². The highest BCUT2D eigenvalue weighted by molar-refractivity contribution is 8.16. The Morgan fingerprint density at radius 1 is 1.38 bits per heavy atom. The summed E-state index contributed by atoms with van der Waals surface area (Å²) >= 11 is 3.47. The summed E-state index contributed by atoms with van der Waals surface area (Å²) in [6, 6.07) is 0. The molecule has 0 N–H and O–H groups in total. The van der Waals surface area contributed by atoms with Gasteiger partial charge < -0.3 is 4.74 Å². The van der Waals surface area contributed by atoms with Crippen molar-refractivity contribution in [2.24, 2.45) is 0 Å². The Bertz CT molecular complexity index is 45.7. The fourth-order valence-electron chi connectivity index (χ4n) is 0.368. The second-order valence-corrected chi connectivity index (χ2v) is 3.31. The minimum atomic E-state index is 0.333. The molecule has 8 heavy (non-hydrogen) atoms. The van der Waals surface area contributed by atoms with Gasteiger partial charge in [-0.2, -0.15) is 0 Å². The Kier molecular flexibility index (Phi) is 6.27. The fourth-order valence-corrected chi connectivity index (χ4v) is 1.68. The molecule has 0 aliphatic carbocycles. The standard InChI is InChI=1S/C5H12OS2/c1-4-6-5(7-2)8-3/h5H,4H2,1-3H3. The van der Waals surface area contributed by atoms with Crippen molar-refractivity contribution in [3.63, 3.8) is 0 Å². The van der Waals surface area contributed by atoms with Crippen molar-refractivity contribution < 1.29 is 4.74 Å². The van der Waals surface area contributed by atoms with Crippen molar-refractivity contribution >= 4 is 23.5 Å². The highest BCUT2D eigenvalue weighted by atomic mass is 32.2. The Hall–Kier alpha value is 0.660. The van der Waals surface area contributed by atoms with E-state index in [0.717, 1.165) is 6.61 Å². The maximum Gasteiger partial charge on any atom is 0.149 e. The topological polar surface area (TPSA) is 9.23 Å². The summed E-state index contributed by atoms with van der Waals surface area (Å²) in [7, 11) is 0. The predicted molar refractivity (Wildman–Crippen MR) is 42.4 cm³/mol. The van der Waals surface area contributed by atoms with E-state index in [1.807, 2.05) is 6.92 Å². The largest absolute Gasteiger partial charge is 0.358 e. The van der Waals surface area contributed by atoms with Gasteiger partial charge in [0.15, 0.2) is 0 Å². The van der Waals surface area contributed by atoms with Crippen LogP contribution in [0.2, 0.25) is 0 Å². The molecule has 0 unspecified atom stereocenters. The lowest BCUT2D eigenvalue weighted by Crippen LogP contribution is -2.00. The number of ether oxygens (including phenoxy) is 1. The van der Waals surface area contributed by atoms with Gasteiger partial charge in [-0.15, -0.1) is 23.5 Å². The van der Waals surface area contributed by atoms with Crippen LogP contribution in [0.25, 0.3) is 0 Å². The molecule has 0 aromatic carbocycles. The van der Waals surface area contributed by atoms with Gasteiger partial charge in [0.25, 0.3) is 0 Å². The normalized spacial score (nSPS) is 10.5. The summed E-state index contributed by atoms with van der Waals surface area (Å²) in [5.74, 6) is 0. The molecule has 0 amide bonds. The summed E-state index contributed by atoms with van der Waals surface area (Å²) in [6.45, 7) is 2.83. The van der Waals surface area contributed by atoms with Crippen LogP contribution in [0.1, 0.15) is 6.92 Å². The summed E-state index contributed by atoms with van der Waals surface area (Å²) in [6.07, 6.45) is 4.10. The molecule has 1 nitrogen and oxygen atoms in total. The van der Waals surface area contributed by atoms with Gasteiger partial charge >= 0.3 is 0 Å². The first-order chi connectivity index (χ1) is 3.85. The highest BCUT2D eigenvalue weighted by Gasteiger charge is 1.99. The van der Waals surface area contributed by atoms with Crippen LogP contribution in [-0.4, -0.2) is 23.9 Å². The molecule has 0 aromatic heterocycles. The Labute approximate surface area is 59.6 Å². The molecule has 0 aliphatic rings. The van der Waals surface area contributed by atoms with E-state index in [0.29, 0.717) is 4.77 Å². The van der Waals surface area contributed by atoms with E-state index in [1.54, 1.807) is 23.5 Å². The molecule has 3 heteroatoms. The van der Waals surface area contributed by atoms with Crippen molar-refractivity contribution in [1.29, 1.82) is 0 Å². The van der Waals surface area contributed by atoms with Crippen LogP contribution in [0, 0.1) is 0 Å². The summed E-state index contributed by atoms with van der Waals surface area (Å²) < 4.78 is 5.60. The third kappa shape index (κ3) is 3.64. The SMILES string of the molecule is CCOC(SC)SC. The minimum absolute atomic E-state index is 0.333. The van der Waals surface area contributed by atoms with E-state index in [4.69, 9.17) is 4.74 Å². The Morgan fingerprint density at radius 2 is 1.88 bits per heavy atom. The van der Waals surface area contributed by atoms with Gasteiger partial charge in [0.1, 0.15) is 4.77 Å². The summed E-state index contributed by atoms with van der Waals surface area (Å²) in [5.41, 5.74) is 0. The lowest BCUT2D eigenvalue weighted by molar-refractivity contribution is 0.178. The molecular formula is C5H12OS2. The predicted octanol–water partition coefficient (Wildman–Crippen LogP) is 2.03. The minimum Gasteiger partial charge on any atom is -0.358 e. The van der Waals surface area contributed by atoms with Crippen LogP contribution in [0.4, 0.5) is 0 Å². The fraction of sp³-hybridized carbons (Fsp3) is 1.00. The zero-order valence-corrected chi connectivity index (χ0v) is 7.14. The lowest BCUT2D eigenvalue weighted by Gasteiger charge is -2.09. The van der Waals surface area contributed by atoms with Crippen molar-refractivity contribution in [3.8, 4) is 0 Å². The number of hydrogen-bond donors (Lipinski definition) is 0. The van der Waals surface area contributed by atoms with Crippen molar-refractivity contribution in [1.82, 2.24) is 0 Å². The van der Waals surface area contributed by atoms with E-state index in [9.17, 15) is 0 Å². The molecule has 0 saturated heterocycles. The van der Waals surface area contributed by atoms with Gasteiger partial charge in [0.2, 0.25) is 0 Å². The van der Waals surface area contributed by atoms with Crippen molar-refractivity contribution in [2.45, 2.75) is 11.7 Å². The molecule has 0 heterocycles. The van der Waals surface area contributed by atoms with Crippen molar-refractivity contribution in [3.05, 3.63) is 0 Å². The third-order valence-electron chi connectivity index (χ3n) is 0.688. The van der Waals surface area contributed by atoms with Crippen LogP contribution in [0.3, 0.4) is 0 Å². The third-order valence-corrected chi connectivity index (χ3v) is 2.88. The van der Waals surface area contributed by atoms with Gasteiger partial charge in [-0.3, -0.25) is 0 Å². The molecule has 0 fully saturated rings. The van der Waals surface area contributed by atoms with E-state index in [-0.39, 0.29) is 0 Å². The van der Waals surface area contributed by atoms with E-state index < -0.39 is 0 Å². The zero-order valence-electron chi connectivity index (χ0n) is 5.51. The van der Waals surface area contributed by atoms with Gasteiger partial charge in [-0.25, -0.2) is 0 Å². The first-order valence-corrected chi connectivity index (χ1v) is 5.10. The van der Waals surface area contributed by atoms with Crippen LogP contribution >= 0.6 is 23.5 Å². The molecule has 50 valence electrons. The second-order valence-electron chi connectivity index (χ2n) is 1.22. The van der Waals surface area contributed by atoms with Crippen LogP contribution in [0.15, 0.2) is 0 Å². The average Bonchev–Trinajstić information content (AvgIpc) is 1.83. The quantitative estimate of drug-likeness (QED) is 0.570. The van der Waals surface area contributed by atoms with Gasteiger partial charge in [-0.1, -0.05) is 0 Å². The zero-order chi connectivity index (χ0) is 6.41. The molecule has 0 radical (unpaired) electrons. The molecule has 0 aromatic rings. The van der Waals surface area contributed by atoms with Gasteiger partial charge in [0.05, 0.1) is 0 Å². The molecule has 0 aliphatic heterocycles. The molecular weight excluding hydrogens is 140 g/mol. The first kappa shape index (κ1) is 8.66. The molecule has 0 bridgehead atoms. The number of hydrogen-bond acceptors (Lipinski definition) is 3. The van der Waals surface area contributed by atoms with Crippen LogP contribution < -0.4 is 0 Å². The summed E-state index contributed by atoms with van der Waals surface area (Å²) in [5, 5.41) is 0. The van der Waals surface area contributed by atoms with E-state index in [1.165, 1.54) is 0 Å². The first-order valence-electron chi connectivity index (χ1n) is 2.52. The Morgan fingerprint density at radius 3 is 2.00 bits per heavy atom. The Balaban J connectivity index is 3.07. The van der Waals surface area contributed by atoms with Gasteiger partial charge in [-0.05, 0) is 19.4 Å². The maximum absolute atomic E-state index is 5.27. The number of rotatable bonds is 4. The molecule has 0 spiro atoms. The van der Waals surface area contributed by atoms with E-state index >= 15 is 0 Å². The van der Waals surface area contributed by atoms with Gasteiger partial charge in [0, 0.05) is 6.61 Å². The molecule has 0 saturated carbocycles. The summed E-state index contributed by atoms with van der Waals surface area (Å²) in [4.78, 5) is 0. The molecule has 0 atom stereocenters. The molecule has 0 rings (SSSR count). The smallest absolute Gasteiger partial charge is 0.149 e. The average molecular weight is 152 g/mol.